The van der Waals surface area contributed by atoms with Crippen LogP contribution in [0.4, 0.5) is 5.69 Å². The Kier molecular flexibility index (Phi) is 6.16. The van der Waals surface area contributed by atoms with E-state index in [1.165, 1.54) is 23.9 Å². The molecular formula is C21H19N2O4S-. The number of benzene rings is 2. The van der Waals surface area contributed by atoms with Gasteiger partial charge >= 0.3 is 0 Å². The number of carbonyl (C=O) groups is 2. The van der Waals surface area contributed by atoms with Crippen LogP contribution >= 0.6 is 11.8 Å². The van der Waals surface area contributed by atoms with E-state index in [0.29, 0.717) is 23.8 Å². The van der Waals surface area contributed by atoms with Gasteiger partial charge in [-0.3, -0.25) is 9.69 Å². The smallest absolute Gasteiger partial charge is 0.242 e. The predicted octanol–water partition coefficient (Wildman–Crippen LogP) is 2.42. The van der Waals surface area contributed by atoms with Crippen LogP contribution in [0.15, 0.2) is 66.2 Å². The van der Waals surface area contributed by atoms with Gasteiger partial charge in [0.1, 0.15) is 5.75 Å². The fraction of sp³-hybridized carbons (Fsp3) is 0.190. The number of amides is 1. The summed E-state index contributed by atoms with van der Waals surface area (Å²) in [5.41, 5.74) is 1.68. The Morgan fingerprint density at radius 1 is 1.25 bits per heavy atom. The highest BCUT2D eigenvalue weighted by Crippen LogP contribution is 2.32. The summed E-state index contributed by atoms with van der Waals surface area (Å²) in [7, 11) is 1.61. The minimum absolute atomic E-state index is 0.0224. The number of carboxylic acids is 1. The molecular weight excluding hydrogens is 376 g/mol. The van der Waals surface area contributed by atoms with Gasteiger partial charge in [0.2, 0.25) is 5.91 Å². The molecule has 1 atom stereocenters. The first-order valence-electron chi connectivity index (χ1n) is 8.63. The van der Waals surface area contributed by atoms with Gasteiger partial charge in [-0.05, 0) is 41.8 Å². The molecule has 2 aromatic rings. The molecule has 3 rings (SSSR count). The summed E-state index contributed by atoms with van der Waals surface area (Å²) >= 11 is 1.40. The third-order valence-corrected chi connectivity index (χ3v) is 5.41. The first-order chi connectivity index (χ1) is 13.5. The zero-order valence-corrected chi connectivity index (χ0v) is 16.1. The van der Waals surface area contributed by atoms with Gasteiger partial charge < -0.3 is 14.6 Å². The molecule has 6 nitrogen and oxygen atoms in total. The van der Waals surface area contributed by atoms with Gasteiger partial charge in [-0.2, -0.15) is 0 Å². The maximum atomic E-state index is 12.8. The van der Waals surface area contributed by atoms with E-state index in [1.54, 1.807) is 30.2 Å². The Balaban J connectivity index is 1.80. The summed E-state index contributed by atoms with van der Waals surface area (Å²) in [4.78, 5) is 29.8. The molecule has 1 fully saturated rings. The number of hydrogen-bond acceptors (Lipinski definition) is 6. The molecule has 1 amide bonds. The van der Waals surface area contributed by atoms with E-state index in [1.807, 2.05) is 24.3 Å². The van der Waals surface area contributed by atoms with Gasteiger partial charge in [0, 0.05) is 6.54 Å². The third-order valence-electron chi connectivity index (χ3n) is 4.24. The molecule has 0 aliphatic carbocycles. The van der Waals surface area contributed by atoms with Gasteiger partial charge in [-0.25, -0.2) is 4.99 Å². The second kappa shape index (κ2) is 8.75. The summed E-state index contributed by atoms with van der Waals surface area (Å²) in [6.45, 7) is 4.08. The highest BCUT2D eigenvalue weighted by molar-refractivity contribution is 8.15. The lowest BCUT2D eigenvalue weighted by molar-refractivity contribution is -0.255. The van der Waals surface area contributed by atoms with E-state index in [0.717, 1.165) is 11.3 Å². The van der Waals surface area contributed by atoms with Gasteiger partial charge in [0.05, 0.1) is 24.0 Å². The zero-order chi connectivity index (χ0) is 20.1. The van der Waals surface area contributed by atoms with Crippen molar-refractivity contribution in [3.05, 3.63) is 72.3 Å². The first-order valence-corrected chi connectivity index (χ1v) is 9.51. The lowest BCUT2D eigenvalue weighted by Gasteiger charge is -2.14. The van der Waals surface area contributed by atoms with Crippen LogP contribution in [-0.4, -0.2) is 40.8 Å². The topological polar surface area (TPSA) is 82.0 Å². The minimum Gasteiger partial charge on any atom is -0.545 e. The Morgan fingerprint density at radius 2 is 1.93 bits per heavy atom. The van der Waals surface area contributed by atoms with E-state index in [4.69, 9.17) is 4.74 Å². The third kappa shape index (κ3) is 4.43. The van der Waals surface area contributed by atoms with Crippen molar-refractivity contribution in [2.75, 3.05) is 13.7 Å². The summed E-state index contributed by atoms with van der Waals surface area (Å²) < 4.78 is 5.16. The van der Waals surface area contributed by atoms with Crippen molar-refractivity contribution in [3.8, 4) is 5.75 Å². The molecule has 0 N–H and O–H groups in total. The maximum absolute atomic E-state index is 12.8. The van der Waals surface area contributed by atoms with Gasteiger partial charge in [0.15, 0.2) is 5.17 Å². The number of aliphatic imine (C=N–C) groups is 1. The molecule has 0 bridgehead atoms. The summed E-state index contributed by atoms with van der Waals surface area (Å²) in [5, 5.41) is 11.2. The summed E-state index contributed by atoms with van der Waals surface area (Å²) in [5.74, 6) is -0.493. The molecule has 0 aromatic heterocycles. The van der Waals surface area contributed by atoms with Crippen molar-refractivity contribution in [2.24, 2.45) is 4.99 Å². The Hall–Kier alpha value is -3.06. The van der Waals surface area contributed by atoms with Crippen LogP contribution < -0.4 is 9.84 Å². The average molecular weight is 395 g/mol. The Bertz CT molecular complexity index is 907. The molecule has 0 radical (unpaired) electrons. The molecule has 0 spiro atoms. The molecule has 28 heavy (non-hydrogen) atoms. The van der Waals surface area contributed by atoms with Crippen molar-refractivity contribution in [2.45, 2.75) is 11.7 Å². The SMILES string of the molecule is C=CCN1C(=O)[C@@H](Cc2ccc(OC)cc2)SC1=Nc1ccc(C(=O)[O-])cc1. The van der Waals surface area contributed by atoms with Crippen molar-refractivity contribution >= 4 is 34.5 Å². The van der Waals surface area contributed by atoms with Gasteiger partial charge in [-0.1, -0.05) is 42.1 Å². The number of carboxylic acid groups (broad SMARTS) is 1. The summed E-state index contributed by atoms with van der Waals surface area (Å²) in [6, 6.07) is 13.7. The molecule has 2 aromatic carbocycles. The molecule has 1 saturated heterocycles. The number of nitrogens with zero attached hydrogens (tertiary/aromatic N) is 2. The van der Waals surface area contributed by atoms with E-state index in [2.05, 4.69) is 11.6 Å². The predicted molar refractivity (Wildman–Crippen MR) is 108 cm³/mol. The van der Waals surface area contributed by atoms with Crippen molar-refractivity contribution in [1.82, 2.24) is 4.90 Å². The largest absolute Gasteiger partial charge is 0.545 e. The number of ether oxygens (including phenoxy) is 1. The van der Waals surface area contributed by atoms with E-state index in [-0.39, 0.29) is 16.7 Å². The Morgan fingerprint density at radius 3 is 2.50 bits per heavy atom. The molecule has 1 aliphatic rings. The average Bonchev–Trinajstić information content (AvgIpc) is 2.98. The molecule has 1 heterocycles. The van der Waals surface area contributed by atoms with Gasteiger partial charge in [0.25, 0.3) is 0 Å². The van der Waals surface area contributed by atoms with Crippen LogP contribution in [-0.2, 0) is 11.2 Å². The number of carbonyl (C=O) groups excluding carboxylic acids is 2. The number of thioether (sulfide) groups is 1. The quantitative estimate of drug-likeness (QED) is 0.673. The highest BCUT2D eigenvalue weighted by Gasteiger charge is 2.37. The monoisotopic (exact) mass is 395 g/mol. The van der Waals surface area contributed by atoms with E-state index < -0.39 is 5.97 Å². The fourth-order valence-corrected chi connectivity index (χ4v) is 3.99. The van der Waals surface area contributed by atoms with E-state index >= 15 is 0 Å². The second-order valence-electron chi connectivity index (χ2n) is 6.12. The minimum atomic E-state index is -1.24. The number of amidine groups is 1. The van der Waals surface area contributed by atoms with Crippen LogP contribution in [0.3, 0.4) is 0 Å². The lowest BCUT2D eigenvalue weighted by atomic mass is 10.1. The van der Waals surface area contributed by atoms with Crippen LogP contribution in [0.2, 0.25) is 0 Å². The van der Waals surface area contributed by atoms with Crippen molar-refractivity contribution in [1.29, 1.82) is 0 Å². The number of rotatable bonds is 7. The summed E-state index contributed by atoms with van der Waals surface area (Å²) in [6.07, 6.45) is 2.23. The lowest BCUT2D eigenvalue weighted by Crippen LogP contribution is -2.32. The van der Waals surface area contributed by atoms with Gasteiger partial charge in [-0.15, -0.1) is 6.58 Å². The highest BCUT2D eigenvalue weighted by atomic mass is 32.2. The Labute approximate surface area is 167 Å². The maximum Gasteiger partial charge on any atom is 0.242 e. The number of aromatic carboxylic acids is 1. The first kappa shape index (κ1) is 19.7. The fourth-order valence-electron chi connectivity index (χ4n) is 2.78. The molecule has 144 valence electrons. The van der Waals surface area contributed by atoms with Crippen molar-refractivity contribution in [3.63, 3.8) is 0 Å². The van der Waals surface area contributed by atoms with Crippen LogP contribution in [0, 0.1) is 0 Å². The molecule has 7 heteroatoms. The zero-order valence-electron chi connectivity index (χ0n) is 15.3. The van der Waals surface area contributed by atoms with Crippen molar-refractivity contribution < 1.29 is 19.4 Å². The van der Waals surface area contributed by atoms with Crippen LogP contribution in [0.25, 0.3) is 0 Å². The molecule has 0 saturated carbocycles. The van der Waals surface area contributed by atoms with E-state index in [9.17, 15) is 14.7 Å². The molecule has 0 unspecified atom stereocenters. The van der Waals surface area contributed by atoms with Crippen LogP contribution in [0.5, 0.6) is 5.75 Å². The van der Waals surface area contributed by atoms with Crippen LogP contribution in [0.1, 0.15) is 15.9 Å². The standard InChI is InChI=1S/C21H20N2O4S/c1-3-12-23-19(24)18(13-14-4-10-17(27-2)11-5-14)28-21(23)22-16-8-6-15(7-9-16)20(25)26/h3-11,18H,1,12-13H2,2H3,(H,25,26)/p-1/t18-/m1/s1. The molecule has 1 aliphatic heterocycles. The number of methoxy groups -OCH3 is 1. The number of hydrogen-bond donors (Lipinski definition) is 0. The normalized spacial score (nSPS) is 17.8. The second-order valence-corrected chi connectivity index (χ2v) is 7.29.